The molecule has 0 amide bonds. The van der Waals surface area contributed by atoms with Crippen molar-refractivity contribution in [1.82, 2.24) is 0 Å². The van der Waals surface area contributed by atoms with Gasteiger partial charge in [0.15, 0.2) is 17.2 Å². The highest BCUT2D eigenvalue weighted by Crippen LogP contribution is 2.32. The molecule has 0 fully saturated rings. The lowest BCUT2D eigenvalue weighted by Gasteiger charge is -2.11. The molecule has 0 saturated heterocycles. The molecule has 0 radical (unpaired) electrons. The molecule has 3 aromatic carbocycles. The molecule has 7 nitrogen and oxygen atoms in total. The van der Waals surface area contributed by atoms with E-state index in [-0.39, 0.29) is 28.0 Å². The van der Waals surface area contributed by atoms with Gasteiger partial charge in [-0.3, -0.25) is 0 Å². The topological polar surface area (TPSA) is 91.3 Å². The number of cyclic esters (lactones) is 1. The van der Waals surface area contributed by atoms with Crippen LogP contribution in [0.15, 0.2) is 88.4 Å². The van der Waals surface area contributed by atoms with E-state index in [9.17, 15) is 13.2 Å². The van der Waals surface area contributed by atoms with Gasteiger partial charge in [-0.25, -0.2) is 9.79 Å². The van der Waals surface area contributed by atoms with E-state index in [1.165, 1.54) is 31.4 Å². The van der Waals surface area contributed by atoms with Crippen LogP contribution in [0.4, 0.5) is 0 Å². The van der Waals surface area contributed by atoms with E-state index >= 15 is 0 Å². The molecule has 3 aromatic rings. The van der Waals surface area contributed by atoms with E-state index in [1.54, 1.807) is 30.3 Å². The lowest BCUT2D eigenvalue weighted by Crippen LogP contribution is -2.10. The Kier molecular flexibility index (Phi) is 5.79. The van der Waals surface area contributed by atoms with E-state index < -0.39 is 16.1 Å². The minimum atomic E-state index is -4.02. The maximum atomic E-state index is 12.5. The normalized spacial score (nSPS) is 14.8. The molecule has 4 rings (SSSR count). The fourth-order valence-electron chi connectivity index (χ4n) is 2.98. The van der Waals surface area contributed by atoms with Crippen molar-refractivity contribution in [3.8, 4) is 11.5 Å². The number of nitrogens with zero attached hydrogens (tertiary/aromatic N) is 1. The van der Waals surface area contributed by atoms with Crippen molar-refractivity contribution in [2.24, 2.45) is 4.99 Å². The first-order valence-corrected chi connectivity index (χ1v) is 11.0. The number of benzene rings is 3. The molecule has 1 aliphatic rings. The molecule has 0 unspecified atom stereocenters. The molecular formula is C24H19NO6S. The molecule has 1 heterocycles. The molecule has 0 saturated carbocycles. The van der Waals surface area contributed by atoms with Gasteiger partial charge in [-0.05, 0) is 55.0 Å². The van der Waals surface area contributed by atoms with Gasteiger partial charge in [0.2, 0.25) is 5.90 Å². The summed E-state index contributed by atoms with van der Waals surface area (Å²) in [5.74, 6) is -0.141. The zero-order valence-corrected chi connectivity index (χ0v) is 18.1. The Bertz CT molecular complexity index is 1330. The van der Waals surface area contributed by atoms with Crippen molar-refractivity contribution in [3.63, 3.8) is 0 Å². The van der Waals surface area contributed by atoms with E-state index in [2.05, 4.69) is 4.99 Å². The number of methoxy groups -OCH3 is 1. The summed E-state index contributed by atoms with van der Waals surface area (Å²) in [5, 5.41) is 0. The molecule has 162 valence electrons. The fourth-order valence-corrected chi connectivity index (χ4v) is 3.94. The van der Waals surface area contributed by atoms with Gasteiger partial charge in [-0.2, -0.15) is 8.42 Å². The van der Waals surface area contributed by atoms with Crippen LogP contribution in [0.3, 0.4) is 0 Å². The summed E-state index contributed by atoms with van der Waals surface area (Å²) in [4.78, 5) is 16.6. The number of aliphatic imine (C=N–C) groups is 1. The number of carbonyl (C=O) groups is 1. The first-order valence-electron chi connectivity index (χ1n) is 9.63. The zero-order valence-electron chi connectivity index (χ0n) is 17.3. The Morgan fingerprint density at radius 3 is 2.34 bits per heavy atom. The Hall–Kier alpha value is -3.91. The quantitative estimate of drug-likeness (QED) is 0.319. The zero-order chi connectivity index (χ0) is 22.7. The van der Waals surface area contributed by atoms with Crippen LogP contribution in [0.5, 0.6) is 11.5 Å². The number of ether oxygens (including phenoxy) is 2. The first-order chi connectivity index (χ1) is 15.4. The van der Waals surface area contributed by atoms with Crippen molar-refractivity contribution in [3.05, 3.63) is 95.2 Å². The molecule has 0 N–H and O–H groups in total. The molecule has 0 aromatic heterocycles. The predicted octanol–water partition coefficient (Wildman–Crippen LogP) is 4.12. The monoisotopic (exact) mass is 449 g/mol. The number of esters is 1. The van der Waals surface area contributed by atoms with Crippen molar-refractivity contribution < 1.29 is 26.9 Å². The molecule has 1 aliphatic heterocycles. The Labute approximate surface area is 185 Å². The van der Waals surface area contributed by atoms with Crippen LogP contribution in [-0.4, -0.2) is 27.4 Å². The average molecular weight is 449 g/mol. The van der Waals surface area contributed by atoms with Gasteiger partial charge in [-0.15, -0.1) is 0 Å². The highest BCUT2D eigenvalue weighted by atomic mass is 32.2. The summed E-state index contributed by atoms with van der Waals surface area (Å²) < 4.78 is 40.8. The van der Waals surface area contributed by atoms with Gasteiger partial charge in [0, 0.05) is 5.56 Å². The SMILES string of the molecule is COc1cc(/C=C2/N=C(c3ccc(C)cc3)OC2=O)ccc1OS(=O)(=O)c1ccccc1. The standard InChI is InChI=1S/C24H19NO6S/c1-16-8-11-18(12-9-16)23-25-20(24(26)30-23)14-17-10-13-21(22(15-17)29-2)31-32(27,28)19-6-4-3-5-7-19/h3-15H,1-2H3/b20-14+. The number of hydrogen-bond acceptors (Lipinski definition) is 7. The number of carbonyl (C=O) groups excluding carboxylic acids is 1. The lowest BCUT2D eigenvalue weighted by atomic mass is 10.1. The first kappa shape index (κ1) is 21.3. The van der Waals surface area contributed by atoms with Crippen molar-refractivity contribution >= 4 is 28.1 Å². The van der Waals surface area contributed by atoms with Crippen molar-refractivity contribution in [2.75, 3.05) is 7.11 Å². The fraction of sp³-hybridized carbons (Fsp3) is 0.0833. The summed E-state index contributed by atoms with van der Waals surface area (Å²) in [5.41, 5.74) is 2.46. The highest BCUT2D eigenvalue weighted by Gasteiger charge is 2.24. The second kappa shape index (κ2) is 8.68. The smallest absolute Gasteiger partial charge is 0.363 e. The highest BCUT2D eigenvalue weighted by molar-refractivity contribution is 7.87. The third-order valence-electron chi connectivity index (χ3n) is 4.64. The summed E-state index contributed by atoms with van der Waals surface area (Å²) in [6.45, 7) is 1.96. The number of aryl methyl sites for hydroxylation is 1. The van der Waals surface area contributed by atoms with Crippen LogP contribution in [0.2, 0.25) is 0 Å². The average Bonchev–Trinajstić information content (AvgIpc) is 3.15. The third kappa shape index (κ3) is 4.55. The second-order valence-electron chi connectivity index (χ2n) is 6.96. The second-order valence-corrected chi connectivity index (χ2v) is 8.51. The summed E-state index contributed by atoms with van der Waals surface area (Å²) in [6, 6.07) is 19.9. The van der Waals surface area contributed by atoms with Crippen LogP contribution in [0, 0.1) is 6.92 Å². The minimum Gasteiger partial charge on any atom is -0.493 e. The Morgan fingerprint density at radius 1 is 0.938 bits per heavy atom. The summed E-state index contributed by atoms with van der Waals surface area (Å²) in [7, 11) is -2.63. The molecule has 0 atom stereocenters. The van der Waals surface area contributed by atoms with E-state index in [1.807, 2.05) is 31.2 Å². The molecule has 0 bridgehead atoms. The van der Waals surface area contributed by atoms with Crippen LogP contribution in [0.1, 0.15) is 16.7 Å². The molecule has 8 heteroatoms. The molecule has 0 aliphatic carbocycles. The van der Waals surface area contributed by atoms with Crippen molar-refractivity contribution in [2.45, 2.75) is 11.8 Å². The molecule has 32 heavy (non-hydrogen) atoms. The predicted molar refractivity (Wildman–Crippen MR) is 119 cm³/mol. The molecular weight excluding hydrogens is 430 g/mol. The maximum absolute atomic E-state index is 12.5. The van der Waals surface area contributed by atoms with E-state index in [0.717, 1.165) is 5.56 Å². The van der Waals surface area contributed by atoms with Gasteiger partial charge in [0.1, 0.15) is 4.90 Å². The lowest BCUT2D eigenvalue weighted by molar-refractivity contribution is -0.129. The Balaban J connectivity index is 1.61. The van der Waals surface area contributed by atoms with Crippen LogP contribution >= 0.6 is 0 Å². The van der Waals surface area contributed by atoms with Crippen LogP contribution in [-0.2, 0) is 19.6 Å². The van der Waals surface area contributed by atoms with Gasteiger partial charge in [0.05, 0.1) is 7.11 Å². The van der Waals surface area contributed by atoms with Crippen LogP contribution < -0.4 is 8.92 Å². The minimum absolute atomic E-state index is 0.0244. The molecule has 0 spiro atoms. The largest absolute Gasteiger partial charge is 0.493 e. The van der Waals surface area contributed by atoms with Gasteiger partial charge >= 0.3 is 16.1 Å². The number of hydrogen-bond donors (Lipinski definition) is 0. The van der Waals surface area contributed by atoms with Crippen LogP contribution in [0.25, 0.3) is 6.08 Å². The van der Waals surface area contributed by atoms with Gasteiger partial charge in [0.25, 0.3) is 0 Å². The summed E-state index contributed by atoms with van der Waals surface area (Å²) >= 11 is 0. The maximum Gasteiger partial charge on any atom is 0.363 e. The number of rotatable bonds is 6. The van der Waals surface area contributed by atoms with Gasteiger partial charge in [-0.1, -0.05) is 42.0 Å². The third-order valence-corrected chi connectivity index (χ3v) is 5.89. The Morgan fingerprint density at radius 2 is 1.66 bits per heavy atom. The van der Waals surface area contributed by atoms with Crippen molar-refractivity contribution in [1.29, 1.82) is 0 Å². The van der Waals surface area contributed by atoms with E-state index in [0.29, 0.717) is 11.1 Å². The van der Waals surface area contributed by atoms with Gasteiger partial charge < -0.3 is 13.7 Å². The summed E-state index contributed by atoms with van der Waals surface area (Å²) in [6.07, 6.45) is 1.53. The van der Waals surface area contributed by atoms with E-state index in [4.69, 9.17) is 13.7 Å².